The summed E-state index contributed by atoms with van der Waals surface area (Å²) in [4.78, 5) is 16.7. The molecule has 2 N–H and O–H groups in total. The molecule has 1 aromatic heterocycles. The number of hydrogen-bond donors (Lipinski definition) is 2. The summed E-state index contributed by atoms with van der Waals surface area (Å²) < 4.78 is 0. The molecule has 0 aliphatic heterocycles. The lowest BCUT2D eigenvalue weighted by atomic mass is 10.1. The number of rotatable bonds is 8. The molecule has 112 valence electrons. The number of hydrogen-bond acceptors (Lipinski definition) is 4. The topological polar surface area (TPSA) is 54.0 Å². The van der Waals surface area contributed by atoms with Crippen molar-refractivity contribution in [1.82, 2.24) is 10.3 Å². The van der Waals surface area contributed by atoms with Gasteiger partial charge in [-0.15, -0.1) is 0 Å². The number of carbonyl (C=O) groups excluding carboxylic acids is 1. The molecule has 1 aromatic rings. The molecule has 1 unspecified atom stereocenters. The first kappa shape index (κ1) is 16.8. The van der Waals surface area contributed by atoms with Crippen molar-refractivity contribution in [2.24, 2.45) is 0 Å². The minimum Gasteiger partial charge on any atom is -0.370 e. The van der Waals surface area contributed by atoms with Crippen molar-refractivity contribution in [3.63, 3.8) is 0 Å². The molecule has 20 heavy (non-hydrogen) atoms. The number of nitrogens with zero attached hydrogens (tertiary/aromatic N) is 1. The third-order valence-electron chi connectivity index (χ3n) is 2.99. The number of anilines is 1. The van der Waals surface area contributed by atoms with Gasteiger partial charge in [-0.2, -0.15) is 11.8 Å². The van der Waals surface area contributed by atoms with E-state index >= 15 is 0 Å². The SMILES string of the molecule is CCNc1cc(C(=O)NC(C)CCSC)cc(CC)n1. The molecule has 0 aliphatic rings. The summed E-state index contributed by atoms with van der Waals surface area (Å²) in [6.45, 7) is 6.90. The van der Waals surface area contributed by atoms with Crippen LogP contribution < -0.4 is 10.6 Å². The summed E-state index contributed by atoms with van der Waals surface area (Å²) in [5.74, 6) is 1.81. The van der Waals surface area contributed by atoms with Gasteiger partial charge < -0.3 is 10.6 Å². The second kappa shape index (κ2) is 8.84. The standard InChI is InChI=1S/C15H25N3OS/c1-5-13-9-12(10-14(18-13)16-6-2)15(19)17-11(3)7-8-20-4/h9-11H,5-8H2,1-4H3,(H,16,18)(H,17,19). The van der Waals surface area contributed by atoms with Crippen molar-refractivity contribution < 1.29 is 4.79 Å². The summed E-state index contributed by atoms with van der Waals surface area (Å²) in [5.41, 5.74) is 1.62. The Hall–Kier alpha value is -1.23. The van der Waals surface area contributed by atoms with Crippen LogP contribution in [0.2, 0.25) is 0 Å². The summed E-state index contributed by atoms with van der Waals surface area (Å²) in [6, 6.07) is 3.88. The molecule has 1 atom stereocenters. The third-order valence-corrected chi connectivity index (χ3v) is 3.64. The van der Waals surface area contributed by atoms with Crippen molar-refractivity contribution in [2.75, 3.05) is 23.9 Å². The number of aryl methyl sites for hydroxylation is 1. The second-order valence-corrected chi connectivity index (χ2v) is 5.76. The molecule has 4 nitrogen and oxygen atoms in total. The van der Waals surface area contributed by atoms with Crippen LogP contribution in [0.3, 0.4) is 0 Å². The first-order valence-corrected chi connectivity index (χ1v) is 8.54. The fourth-order valence-corrected chi connectivity index (χ4v) is 2.43. The van der Waals surface area contributed by atoms with Crippen molar-refractivity contribution in [3.8, 4) is 0 Å². The smallest absolute Gasteiger partial charge is 0.251 e. The van der Waals surface area contributed by atoms with E-state index in [4.69, 9.17) is 0 Å². The van der Waals surface area contributed by atoms with Crippen LogP contribution in [0, 0.1) is 0 Å². The van der Waals surface area contributed by atoms with Gasteiger partial charge in [-0.05, 0) is 50.8 Å². The van der Waals surface area contributed by atoms with E-state index in [0.717, 1.165) is 36.7 Å². The van der Waals surface area contributed by atoms with Gasteiger partial charge in [0.1, 0.15) is 5.82 Å². The van der Waals surface area contributed by atoms with Gasteiger partial charge >= 0.3 is 0 Å². The van der Waals surface area contributed by atoms with Crippen molar-refractivity contribution in [3.05, 3.63) is 23.4 Å². The first-order valence-electron chi connectivity index (χ1n) is 7.15. The highest BCUT2D eigenvalue weighted by atomic mass is 32.2. The molecule has 5 heteroatoms. The van der Waals surface area contributed by atoms with Gasteiger partial charge in [-0.3, -0.25) is 4.79 Å². The molecule has 1 amide bonds. The Bertz CT molecular complexity index is 437. The summed E-state index contributed by atoms with van der Waals surface area (Å²) in [5, 5.41) is 6.21. The summed E-state index contributed by atoms with van der Waals surface area (Å²) in [6.07, 6.45) is 3.88. The fourth-order valence-electron chi connectivity index (χ4n) is 1.85. The van der Waals surface area contributed by atoms with Gasteiger partial charge in [-0.25, -0.2) is 4.98 Å². The number of pyridine rings is 1. The Morgan fingerprint density at radius 1 is 1.40 bits per heavy atom. The zero-order valence-electron chi connectivity index (χ0n) is 12.8. The van der Waals surface area contributed by atoms with Crippen molar-refractivity contribution in [1.29, 1.82) is 0 Å². The van der Waals surface area contributed by atoms with Crippen LogP contribution in [0.15, 0.2) is 12.1 Å². The second-order valence-electron chi connectivity index (χ2n) is 4.77. The van der Waals surface area contributed by atoms with E-state index in [1.807, 2.05) is 32.9 Å². The van der Waals surface area contributed by atoms with E-state index in [2.05, 4.69) is 21.9 Å². The lowest BCUT2D eigenvalue weighted by Crippen LogP contribution is -2.33. The molecule has 0 radical (unpaired) electrons. The molecule has 0 aliphatic carbocycles. The highest BCUT2D eigenvalue weighted by Gasteiger charge is 2.12. The Morgan fingerprint density at radius 2 is 2.15 bits per heavy atom. The number of aromatic nitrogens is 1. The number of nitrogens with one attached hydrogen (secondary N) is 2. The molecular formula is C15H25N3OS. The predicted octanol–water partition coefficient (Wildman–Crippen LogP) is 2.95. The number of amides is 1. The molecule has 0 fully saturated rings. The van der Waals surface area contributed by atoms with Crippen LogP contribution in [0.1, 0.15) is 43.2 Å². The maximum atomic E-state index is 12.3. The largest absolute Gasteiger partial charge is 0.370 e. The predicted molar refractivity (Wildman–Crippen MR) is 87.7 cm³/mol. The maximum absolute atomic E-state index is 12.3. The van der Waals surface area contributed by atoms with Gasteiger partial charge in [0.25, 0.3) is 5.91 Å². The normalized spacial score (nSPS) is 12.0. The van der Waals surface area contributed by atoms with Gasteiger partial charge in [0, 0.05) is 23.8 Å². The van der Waals surface area contributed by atoms with Crippen molar-refractivity contribution in [2.45, 2.75) is 39.7 Å². The highest BCUT2D eigenvalue weighted by Crippen LogP contribution is 2.12. The van der Waals surface area contributed by atoms with Crippen LogP contribution in [-0.4, -0.2) is 35.5 Å². The molecule has 0 spiro atoms. The molecule has 1 heterocycles. The minimum absolute atomic E-state index is 0.0187. The Balaban J connectivity index is 2.77. The van der Waals surface area contributed by atoms with Crippen LogP contribution in [-0.2, 0) is 6.42 Å². The maximum Gasteiger partial charge on any atom is 0.251 e. The van der Waals surface area contributed by atoms with E-state index in [1.54, 1.807) is 11.8 Å². The number of thioether (sulfide) groups is 1. The molecule has 0 saturated heterocycles. The summed E-state index contributed by atoms with van der Waals surface area (Å²) in [7, 11) is 0. The van der Waals surface area contributed by atoms with Crippen LogP contribution in [0.25, 0.3) is 0 Å². The zero-order valence-corrected chi connectivity index (χ0v) is 13.6. The van der Waals surface area contributed by atoms with E-state index in [0.29, 0.717) is 5.56 Å². The molecule has 0 aromatic carbocycles. The van der Waals surface area contributed by atoms with Gasteiger partial charge in [-0.1, -0.05) is 6.92 Å². The van der Waals surface area contributed by atoms with E-state index in [9.17, 15) is 4.79 Å². The minimum atomic E-state index is -0.0187. The van der Waals surface area contributed by atoms with Crippen LogP contribution in [0.5, 0.6) is 0 Å². The third kappa shape index (κ3) is 5.41. The van der Waals surface area contributed by atoms with Gasteiger partial charge in [0.15, 0.2) is 0 Å². The lowest BCUT2D eigenvalue weighted by Gasteiger charge is -2.14. The molecule has 1 rings (SSSR count). The zero-order chi connectivity index (χ0) is 15.0. The van der Waals surface area contributed by atoms with E-state index in [-0.39, 0.29) is 11.9 Å². The van der Waals surface area contributed by atoms with E-state index in [1.165, 1.54) is 0 Å². The Morgan fingerprint density at radius 3 is 2.75 bits per heavy atom. The number of carbonyl (C=O) groups is 1. The van der Waals surface area contributed by atoms with Crippen LogP contribution in [0.4, 0.5) is 5.82 Å². The molecule has 0 bridgehead atoms. The van der Waals surface area contributed by atoms with E-state index < -0.39 is 0 Å². The van der Waals surface area contributed by atoms with Crippen LogP contribution >= 0.6 is 11.8 Å². The molecule has 0 saturated carbocycles. The monoisotopic (exact) mass is 295 g/mol. The average Bonchev–Trinajstić information content (AvgIpc) is 2.45. The van der Waals surface area contributed by atoms with Gasteiger partial charge in [0.05, 0.1) is 0 Å². The average molecular weight is 295 g/mol. The Kier molecular flexibility index (Phi) is 7.44. The molecular weight excluding hydrogens is 270 g/mol. The fraction of sp³-hybridized carbons (Fsp3) is 0.600. The Labute approximate surface area is 126 Å². The highest BCUT2D eigenvalue weighted by molar-refractivity contribution is 7.98. The first-order chi connectivity index (χ1) is 9.60. The lowest BCUT2D eigenvalue weighted by molar-refractivity contribution is 0.0939. The van der Waals surface area contributed by atoms with Gasteiger partial charge in [0.2, 0.25) is 0 Å². The van der Waals surface area contributed by atoms with Crippen molar-refractivity contribution >= 4 is 23.5 Å². The summed E-state index contributed by atoms with van der Waals surface area (Å²) >= 11 is 1.80. The quantitative estimate of drug-likeness (QED) is 0.774.